The average molecular weight is 221 g/mol. The Labute approximate surface area is 98.8 Å². The van der Waals surface area contributed by atoms with Gasteiger partial charge in [-0.05, 0) is 18.9 Å². The van der Waals surface area contributed by atoms with Crippen LogP contribution in [0.4, 0.5) is 0 Å². The highest BCUT2D eigenvalue weighted by atomic mass is 16.5. The van der Waals surface area contributed by atoms with Crippen molar-refractivity contribution in [3.63, 3.8) is 0 Å². The van der Waals surface area contributed by atoms with E-state index in [4.69, 9.17) is 10.5 Å². The number of hydrogen-bond donors (Lipinski definition) is 1. The first-order valence-corrected chi connectivity index (χ1v) is 6.13. The number of hydrogen-bond acceptors (Lipinski definition) is 2. The molecule has 2 heteroatoms. The van der Waals surface area contributed by atoms with Gasteiger partial charge in [-0.15, -0.1) is 0 Å². The molecule has 0 saturated heterocycles. The highest BCUT2D eigenvalue weighted by molar-refractivity contribution is 5.36. The van der Waals surface area contributed by atoms with Crippen LogP contribution in [0, 0.1) is 12.8 Å². The van der Waals surface area contributed by atoms with Crippen molar-refractivity contribution in [1.29, 1.82) is 0 Å². The first-order chi connectivity index (χ1) is 7.71. The lowest BCUT2D eigenvalue weighted by Gasteiger charge is -2.16. The zero-order valence-corrected chi connectivity index (χ0v) is 10.6. The third kappa shape index (κ3) is 3.53. The molecule has 0 aromatic heterocycles. The third-order valence-electron chi connectivity index (χ3n) is 3.07. The lowest BCUT2D eigenvalue weighted by atomic mass is 10.1. The number of benzene rings is 1. The Bertz CT molecular complexity index is 319. The van der Waals surface area contributed by atoms with E-state index in [0.29, 0.717) is 12.5 Å². The molecule has 0 bridgehead atoms. The molecule has 0 saturated carbocycles. The summed E-state index contributed by atoms with van der Waals surface area (Å²) in [5.74, 6) is 1.59. The van der Waals surface area contributed by atoms with E-state index >= 15 is 0 Å². The maximum absolute atomic E-state index is 5.85. The standard InChI is InChI=1S/C14H23NO/c1-4-12(5-2)10-16-14-7-6-11(3)8-13(14)9-15/h6-8,12H,4-5,9-10,15H2,1-3H3. The Morgan fingerprint density at radius 1 is 1.25 bits per heavy atom. The van der Waals surface area contributed by atoms with Crippen LogP contribution in [-0.2, 0) is 6.54 Å². The summed E-state index contributed by atoms with van der Waals surface area (Å²) in [6.45, 7) is 7.82. The van der Waals surface area contributed by atoms with Crippen molar-refractivity contribution in [3.05, 3.63) is 29.3 Å². The topological polar surface area (TPSA) is 35.2 Å². The second-order valence-corrected chi connectivity index (χ2v) is 4.31. The van der Waals surface area contributed by atoms with Gasteiger partial charge < -0.3 is 10.5 Å². The maximum atomic E-state index is 5.85. The molecule has 0 heterocycles. The van der Waals surface area contributed by atoms with Gasteiger partial charge in [0.25, 0.3) is 0 Å². The molecule has 16 heavy (non-hydrogen) atoms. The van der Waals surface area contributed by atoms with E-state index in [-0.39, 0.29) is 0 Å². The molecule has 1 rings (SSSR count). The zero-order valence-electron chi connectivity index (χ0n) is 10.6. The highest BCUT2D eigenvalue weighted by Gasteiger charge is 2.07. The normalized spacial score (nSPS) is 10.8. The molecule has 0 aliphatic heterocycles. The van der Waals surface area contributed by atoms with Crippen LogP contribution in [0.3, 0.4) is 0 Å². The quantitative estimate of drug-likeness (QED) is 0.800. The molecule has 0 aliphatic rings. The summed E-state index contributed by atoms with van der Waals surface area (Å²) in [5, 5.41) is 0. The molecule has 0 atom stereocenters. The van der Waals surface area contributed by atoms with Crippen molar-refractivity contribution in [2.75, 3.05) is 6.61 Å². The molecule has 0 amide bonds. The first-order valence-electron chi connectivity index (χ1n) is 6.13. The Hall–Kier alpha value is -1.02. The van der Waals surface area contributed by atoms with E-state index in [0.717, 1.165) is 17.9 Å². The van der Waals surface area contributed by atoms with Crippen molar-refractivity contribution >= 4 is 0 Å². The van der Waals surface area contributed by atoms with Crippen molar-refractivity contribution in [2.24, 2.45) is 11.7 Å². The molecule has 90 valence electrons. The van der Waals surface area contributed by atoms with E-state index in [2.05, 4.69) is 32.9 Å². The molecular formula is C14H23NO. The van der Waals surface area contributed by atoms with Crippen LogP contribution in [0.1, 0.15) is 37.8 Å². The zero-order chi connectivity index (χ0) is 12.0. The third-order valence-corrected chi connectivity index (χ3v) is 3.07. The molecular weight excluding hydrogens is 198 g/mol. The Kier molecular flexibility index (Phi) is 5.33. The second-order valence-electron chi connectivity index (χ2n) is 4.31. The van der Waals surface area contributed by atoms with Crippen LogP contribution in [0.15, 0.2) is 18.2 Å². The van der Waals surface area contributed by atoms with Crippen LogP contribution in [-0.4, -0.2) is 6.61 Å². The fraction of sp³-hybridized carbons (Fsp3) is 0.571. The summed E-state index contributed by atoms with van der Waals surface area (Å²) in [6, 6.07) is 6.20. The molecule has 1 aromatic rings. The Morgan fingerprint density at radius 3 is 2.50 bits per heavy atom. The van der Waals surface area contributed by atoms with Gasteiger partial charge in [-0.3, -0.25) is 0 Å². The Balaban J connectivity index is 2.65. The van der Waals surface area contributed by atoms with Gasteiger partial charge in [-0.2, -0.15) is 0 Å². The SMILES string of the molecule is CCC(CC)COc1ccc(C)cc1CN. The minimum Gasteiger partial charge on any atom is -0.493 e. The molecule has 0 fully saturated rings. The minimum atomic E-state index is 0.542. The van der Waals surface area contributed by atoms with E-state index < -0.39 is 0 Å². The van der Waals surface area contributed by atoms with Gasteiger partial charge in [0.1, 0.15) is 5.75 Å². The van der Waals surface area contributed by atoms with Crippen LogP contribution >= 0.6 is 0 Å². The molecule has 0 unspecified atom stereocenters. The summed E-state index contributed by atoms with van der Waals surface area (Å²) >= 11 is 0. The summed E-state index contributed by atoms with van der Waals surface area (Å²) in [4.78, 5) is 0. The molecule has 1 aromatic carbocycles. The fourth-order valence-electron chi connectivity index (χ4n) is 1.74. The van der Waals surface area contributed by atoms with Gasteiger partial charge in [0.2, 0.25) is 0 Å². The predicted molar refractivity (Wildman–Crippen MR) is 68.6 cm³/mol. The number of rotatable bonds is 6. The van der Waals surface area contributed by atoms with Crippen LogP contribution in [0.5, 0.6) is 5.75 Å². The Morgan fingerprint density at radius 2 is 1.94 bits per heavy atom. The van der Waals surface area contributed by atoms with E-state index in [1.165, 1.54) is 18.4 Å². The van der Waals surface area contributed by atoms with Gasteiger partial charge in [0, 0.05) is 12.1 Å². The fourth-order valence-corrected chi connectivity index (χ4v) is 1.74. The molecule has 0 spiro atoms. The molecule has 2 N–H and O–H groups in total. The summed E-state index contributed by atoms with van der Waals surface area (Å²) in [6.07, 6.45) is 2.33. The van der Waals surface area contributed by atoms with Gasteiger partial charge in [0.15, 0.2) is 0 Å². The van der Waals surface area contributed by atoms with E-state index in [1.54, 1.807) is 0 Å². The van der Waals surface area contributed by atoms with Crippen molar-refractivity contribution in [3.8, 4) is 5.75 Å². The second kappa shape index (κ2) is 6.54. The van der Waals surface area contributed by atoms with Gasteiger partial charge in [0.05, 0.1) is 6.61 Å². The number of aryl methyl sites for hydroxylation is 1. The summed E-state index contributed by atoms with van der Waals surface area (Å²) in [7, 11) is 0. The summed E-state index contributed by atoms with van der Waals surface area (Å²) < 4.78 is 5.85. The highest BCUT2D eigenvalue weighted by Crippen LogP contribution is 2.21. The molecule has 2 nitrogen and oxygen atoms in total. The smallest absolute Gasteiger partial charge is 0.123 e. The molecule has 0 radical (unpaired) electrons. The van der Waals surface area contributed by atoms with Crippen LogP contribution in [0.25, 0.3) is 0 Å². The molecule has 0 aliphatic carbocycles. The number of ether oxygens (including phenoxy) is 1. The van der Waals surface area contributed by atoms with Crippen LogP contribution < -0.4 is 10.5 Å². The largest absolute Gasteiger partial charge is 0.493 e. The average Bonchev–Trinajstić information content (AvgIpc) is 2.31. The van der Waals surface area contributed by atoms with Gasteiger partial charge >= 0.3 is 0 Å². The van der Waals surface area contributed by atoms with E-state index in [9.17, 15) is 0 Å². The van der Waals surface area contributed by atoms with Gasteiger partial charge in [-0.1, -0.05) is 44.4 Å². The monoisotopic (exact) mass is 221 g/mol. The van der Waals surface area contributed by atoms with Crippen molar-refractivity contribution in [2.45, 2.75) is 40.2 Å². The van der Waals surface area contributed by atoms with Crippen molar-refractivity contribution < 1.29 is 4.74 Å². The van der Waals surface area contributed by atoms with E-state index in [1.807, 2.05) is 6.07 Å². The van der Waals surface area contributed by atoms with Crippen LogP contribution in [0.2, 0.25) is 0 Å². The van der Waals surface area contributed by atoms with Crippen molar-refractivity contribution in [1.82, 2.24) is 0 Å². The first kappa shape index (κ1) is 13.0. The minimum absolute atomic E-state index is 0.542. The van der Waals surface area contributed by atoms with Gasteiger partial charge in [-0.25, -0.2) is 0 Å². The predicted octanol–water partition coefficient (Wildman–Crippen LogP) is 3.27. The number of nitrogens with two attached hydrogens (primary N) is 1. The lowest BCUT2D eigenvalue weighted by molar-refractivity contribution is 0.238. The lowest BCUT2D eigenvalue weighted by Crippen LogP contribution is -2.12. The summed E-state index contributed by atoms with van der Waals surface area (Å²) in [5.41, 5.74) is 8.05. The maximum Gasteiger partial charge on any atom is 0.123 e.